The Morgan fingerprint density at radius 1 is 1.35 bits per heavy atom. The Kier molecular flexibility index (Phi) is 3.72. The van der Waals surface area contributed by atoms with E-state index >= 15 is 0 Å². The number of thiophene rings is 1. The largest absolute Gasteiger partial charge is 0.342 e. The summed E-state index contributed by atoms with van der Waals surface area (Å²) >= 11 is 7.31. The van der Waals surface area contributed by atoms with Crippen LogP contribution in [0.5, 0.6) is 0 Å². The first kappa shape index (κ1) is 13.5. The van der Waals surface area contributed by atoms with Gasteiger partial charge >= 0.3 is 0 Å². The third kappa shape index (κ3) is 2.55. The molecule has 1 aromatic heterocycles. The maximum atomic E-state index is 12.9. The van der Waals surface area contributed by atoms with Crippen LogP contribution in [0.3, 0.4) is 0 Å². The number of nitrogens with one attached hydrogen (secondary N) is 1. The Morgan fingerprint density at radius 3 is 2.85 bits per heavy atom. The minimum Gasteiger partial charge on any atom is -0.342 e. The van der Waals surface area contributed by atoms with Gasteiger partial charge in [0.25, 0.3) is 0 Å². The topological polar surface area (TPSA) is 15.3 Å². The van der Waals surface area contributed by atoms with Crippen molar-refractivity contribution in [2.75, 3.05) is 11.9 Å². The number of halogens is 1. The summed E-state index contributed by atoms with van der Waals surface area (Å²) in [6, 6.07) is 8.73. The van der Waals surface area contributed by atoms with Gasteiger partial charge in [0.2, 0.25) is 0 Å². The first-order valence-electron chi connectivity index (χ1n) is 6.54. The van der Waals surface area contributed by atoms with Gasteiger partial charge in [-0.3, -0.25) is 0 Å². The molecular formula is C15H15FN2S2. The number of rotatable bonds is 1. The summed E-state index contributed by atoms with van der Waals surface area (Å²) in [6.45, 7) is 3.09. The second-order valence-electron chi connectivity index (χ2n) is 4.86. The third-order valence-corrected chi connectivity index (χ3v) is 4.97. The molecule has 0 spiro atoms. The number of thiocarbonyl (C=S) groups is 1. The van der Waals surface area contributed by atoms with Crippen LogP contribution in [0.4, 0.5) is 10.1 Å². The molecule has 1 aromatic carbocycles. The maximum Gasteiger partial charge on any atom is 0.173 e. The molecule has 1 aliphatic rings. The number of nitrogens with zero attached hydrogens (tertiary/aromatic N) is 1. The van der Waals surface area contributed by atoms with Crippen molar-refractivity contribution in [2.24, 2.45) is 0 Å². The van der Waals surface area contributed by atoms with Crippen LogP contribution in [-0.4, -0.2) is 16.6 Å². The quantitative estimate of drug-likeness (QED) is 0.795. The van der Waals surface area contributed by atoms with Crippen LogP contribution in [0.15, 0.2) is 35.7 Å². The predicted octanol–water partition coefficient (Wildman–Crippen LogP) is 4.20. The van der Waals surface area contributed by atoms with E-state index in [-0.39, 0.29) is 11.9 Å². The fourth-order valence-corrected chi connectivity index (χ4v) is 3.85. The molecule has 0 radical (unpaired) electrons. The molecule has 0 bridgehead atoms. The molecule has 104 valence electrons. The molecule has 0 saturated heterocycles. The van der Waals surface area contributed by atoms with Gasteiger partial charge in [0.15, 0.2) is 5.11 Å². The van der Waals surface area contributed by atoms with Gasteiger partial charge in [0.1, 0.15) is 5.82 Å². The second kappa shape index (κ2) is 5.50. The van der Waals surface area contributed by atoms with E-state index < -0.39 is 0 Å². The van der Waals surface area contributed by atoms with Crippen LogP contribution in [-0.2, 0) is 6.42 Å². The van der Waals surface area contributed by atoms with Crippen LogP contribution in [0, 0.1) is 5.82 Å². The summed E-state index contributed by atoms with van der Waals surface area (Å²) in [5.74, 6) is -0.240. The highest BCUT2D eigenvalue weighted by Gasteiger charge is 2.26. The molecular weight excluding hydrogens is 291 g/mol. The van der Waals surface area contributed by atoms with E-state index in [0.29, 0.717) is 5.11 Å². The normalized spacial score (nSPS) is 17.7. The highest BCUT2D eigenvalue weighted by molar-refractivity contribution is 7.80. The van der Waals surface area contributed by atoms with E-state index in [1.54, 1.807) is 12.1 Å². The van der Waals surface area contributed by atoms with Gasteiger partial charge in [-0.25, -0.2) is 4.39 Å². The van der Waals surface area contributed by atoms with E-state index in [2.05, 4.69) is 28.6 Å². The fourth-order valence-electron chi connectivity index (χ4n) is 2.52. The SMILES string of the molecule is C[C@H]1c2ccsc2CCN1C(=S)Nc1ccc(F)cc1. The zero-order valence-electron chi connectivity index (χ0n) is 11.1. The molecule has 0 amide bonds. The minimum atomic E-state index is -0.240. The molecule has 0 aliphatic carbocycles. The number of anilines is 1. The van der Waals surface area contributed by atoms with Gasteiger partial charge in [-0.2, -0.15) is 0 Å². The van der Waals surface area contributed by atoms with E-state index in [1.807, 2.05) is 11.3 Å². The molecule has 1 N–H and O–H groups in total. The molecule has 2 aromatic rings. The number of benzene rings is 1. The van der Waals surface area contributed by atoms with Crippen molar-refractivity contribution in [3.8, 4) is 0 Å². The Bertz CT molecular complexity index is 621. The van der Waals surface area contributed by atoms with Gasteiger partial charge in [0.05, 0.1) is 6.04 Å². The van der Waals surface area contributed by atoms with Crippen molar-refractivity contribution < 1.29 is 4.39 Å². The maximum absolute atomic E-state index is 12.9. The van der Waals surface area contributed by atoms with E-state index in [9.17, 15) is 4.39 Å². The van der Waals surface area contributed by atoms with Gasteiger partial charge in [-0.05, 0) is 66.8 Å². The van der Waals surface area contributed by atoms with Crippen molar-refractivity contribution in [3.05, 3.63) is 52.0 Å². The molecule has 3 rings (SSSR count). The lowest BCUT2D eigenvalue weighted by Crippen LogP contribution is -2.40. The van der Waals surface area contributed by atoms with E-state index in [1.165, 1.54) is 22.6 Å². The monoisotopic (exact) mass is 306 g/mol. The lowest BCUT2D eigenvalue weighted by Gasteiger charge is -2.35. The summed E-state index contributed by atoms with van der Waals surface area (Å²) < 4.78 is 12.9. The van der Waals surface area contributed by atoms with Gasteiger partial charge in [-0.15, -0.1) is 11.3 Å². The second-order valence-corrected chi connectivity index (χ2v) is 6.24. The summed E-state index contributed by atoms with van der Waals surface area (Å²) in [4.78, 5) is 3.65. The Hall–Kier alpha value is -1.46. The van der Waals surface area contributed by atoms with Crippen molar-refractivity contribution in [1.82, 2.24) is 4.90 Å². The average molecular weight is 306 g/mol. The molecule has 5 heteroatoms. The summed E-state index contributed by atoms with van der Waals surface area (Å²) in [5.41, 5.74) is 2.18. The van der Waals surface area contributed by atoms with Gasteiger partial charge in [0, 0.05) is 17.1 Å². The third-order valence-electron chi connectivity index (χ3n) is 3.63. The standard InChI is InChI=1S/C15H15FN2S2/c1-10-13-7-9-20-14(13)6-8-18(10)15(19)17-12-4-2-11(16)3-5-12/h2-5,7,9-10H,6,8H2,1H3,(H,17,19)/t10-/m0/s1. The van der Waals surface area contributed by atoms with E-state index in [0.717, 1.165) is 18.7 Å². The first-order valence-corrected chi connectivity index (χ1v) is 7.83. The number of hydrogen-bond donors (Lipinski definition) is 1. The fraction of sp³-hybridized carbons (Fsp3) is 0.267. The lowest BCUT2D eigenvalue weighted by molar-refractivity contribution is 0.326. The van der Waals surface area contributed by atoms with E-state index in [4.69, 9.17) is 12.2 Å². The molecule has 2 nitrogen and oxygen atoms in total. The summed E-state index contributed by atoms with van der Waals surface area (Å²) in [6.07, 6.45) is 1.03. The first-order chi connectivity index (χ1) is 9.65. The lowest BCUT2D eigenvalue weighted by atomic mass is 10.0. The zero-order chi connectivity index (χ0) is 14.1. The predicted molar refractivity (Wildman–Crippen MR) is 85.8 cm³/mol. The minimum absolute atomic E-state index is 0.240. The Morgan fingerprint density at radius 2 is 2.10 bits per heavy atom. The van der Waals surface area contributed by atoms with Gasteiger partial charge in [-0.1, -0.05) is 0 Å². The molecule has 2 heterocycles. The van der Waals surface area contributed by atoms with Crippen molar-refractivity contribution in [3.63, 3.8) is 0 Å². The van der Waals surface area contributed by atoms with Crippen molar-refractivity contribution >= 4 is 34.4 Å². The van der Waals surface area contributed by atoms with Crippen LogP contribution in [0.25, 0.3) is 0 Å². The van der Waals surface area contributed by atoms with Crippen molar-refractivity contribution in [1.29, 1.82) is 0 Å². The van der Waals surface area contributed by atoms with Crippen molar-refractivity contribution in [2.45, 2.75) is 19.4 Å². The van der Waals surface area contributed by atoms with Crippen LogP contribution in [0.1, 0.15) is 23.4 Å². The van der Waals surface area contributed by atoms with Crippen LogP contribution in [0.2, 0.25) is 0 Å². The molecule has 0 fully saturated rings. The van der Waals surface area contributed by atoms with Gasteiger partial charge < -0.3 is 10.2 Å². The Balaban J connectivity index is 1.73. The smallest absolute Gasteiger partial charge is 0.173 e. The number of hydrogen-bond acceptors (Lipinski definition) is 2. The zero-order valence-corrected chi connectivity index (χ0v) is 12.7. The molecule has 1 atom stereocenters. The highest BCUT2D eigenvalue weighted by Crippen LogP contribution is 2.33. The van der Waals surface area contributed by atoms with Crippen LogP contribution < -0.4 is 5.32 Å². The summed E-state index contributed by atoms with van der Waals surface area (Å²) in [5, 5.41) is 6.02. The summed E-state index contributed by atoms with van der Waals surface area (Å²) in [7, 11) is 0. The highest BCUT2D eigenvalue weighted by atomic mass is 32.1. The molecule has 1 aliphatic heterocycles. The van der Waals surface area contributed by atoms with Crippen LogP contribution >= 0.6 is 23.6 Å². The average Bonchev–Trinajstić information content (AvgIpc) is 2.91. The molecule has 0 unspecified atom stereocenters. The molecule has 0 saturated carbocycles. The Labute approximate surface area is 127 Å². The molecule has 20 heavy (non-hydrogen) atoms. The number of fused-ring (bicyclic) bond motifs is 1.